The Bertz CT molecular complexity index is 874. The third kappa shape index (κ3) is 3.63. The Morgan fingerprint density at radius 2 is 1.96 bits per heavy atom. The molecule has 0 aliphatic rings. The van der Waals surface area contributed by atoms with E-state index in [0.29, 0.717) is 22.9 Å². The molecule has 4 nitrogen and oxygen atoms in total. The number of amides is 1. The molecular weight excluding hydrogens is 329 g/mol. The SMILES string of the molecule is Cc1ccc(C(=O)Nc2ccnn2Cc2ccc(Cl)cc2)cc1F. The monoisotopic (exact) mass is 343 g/mol. The van der Waals surface area contributed by atoms with Gasteiger partial charge in [-0.05, 0) is 42.3 Å². The van der Waals surface area contributed by atoms with Gasteiger partial charge in [0.2, 0.25) is 0 Å². The number of carbonyl (C=O) groups is 1. The standard InChI is InChI=1S/C18H15ClFN3O/c1-12-2-5-14(10-16(12)20)18(24)22-17-8-9-21-23(17)11-13-3-6-15(19)7-4-13/h2-10H,11H2,1H3,(H,22,24). The van der Waals surface area contributed by atoms with Crippen LogP contribution in [-0.4, -0.2) is 15.7 Å². The van der Waals surface area contributed by atoms with Crippen LogP contribution >= 0.6 is 11.6 Å². The van der Waals surface area contributed by atoms with Gasteiger partial charge in [0.1, 0.15) is 11.6 Å². The molecule has 1 heterocycles. The van der Waals surface area contributed by atoms with Crippen molar-refractivity contribution in [2.75, 3.05) is 5.32 Å². The molecule has 6 heteroatoms. The number of hydrogen-bond donors (Lipinski definition) is 1. The number of hydrogen-bond acceptors (Lipinski definition) is 2. The second kappa shape index (κ2) is 6.84. The zero-order valence-electron chi connectivity index (χ0n) is 13.0. The molecule has 0 saturated carbocycles. The molecular formula is C18H15ClFN3O. The maximum Gasteiger partial charge on any atom is 0.256 e. The molecule has 2 aromatic carbocycles. The third-order valence-corrected chi connectivity index (χ3v) is 3.89. The second-order valence-corrected chi connectivity index (χ2v) is 5.86. The van der Waals surface area contributed by atoms with Gasteiger partial charge in [-0.1, -0.05) is 29.8 Å². The van der Waals surface area contributed by atoms with Crippen molar-refractivity contribution in [2.24, 2.45) is 0 Å². The first-order valence-electron chi connectivity index (χ1n) is 7.37. The lowest BCUT2D eigenvalue weighted by Crippen LogP contribution is -2.16. The molecule has 0 atom stereocenters. The van der Waals surface area contributed by atoms with Crippen molar-refractivity contribution < 1.29 is 9.18 Å². The number of rotatable bonds is 4. The van der Waals surface area contributed by atoms with E-state index in [0.717, 1.165) is 5.56 Å². The minimum absolute atomic E-state index is 0.261. The van der Waals surface area contributed by atoms with E-state index in [9.17, 15) is 9.18 Å². The summed E-state index contributed by atoms with van der Waals surface area (Å²) in [6.45, 7) is 2.14. The van der Waals surface area contributed by atoms with Crippen molar-refractivity contribution in [2.45, 2.75) is 13.5 Å². The number of benzene rings is 2. The van der Waals surface area contributed by atoms with Crippen LogP contribution in [0.2, 0.25) is 5.02 Å². The van der Waals surface area contributed by atoms with Gasteiger partial charge in [0.15, 0.2) is 0 Å². The van der Waals surface area contributed by atoms with E-state index in [2.05, 4.69) is 10.4 Å². The Labute approximate surface area is 143 Å². The number of aromatic nitrogens is 2. The third-order valence-electron chi connectivity index (χ3n) is 3.64. The molecule has 1 aromatic heterocycles. The van der Waals surface area contributed by atoms with Crippen molar-refractivity contribution in [3.8, 4) is 0 Å². The van der Waals surface area contributed by atoms with E-state index in [1.807, 2.05) is 12.1 Å². The van der Waals surface area contributed by atoms with E-state index < -0.39 is 5.82 Å². The summed E-state index contributed by atoms with van der Waals surface area (Å²) in [7, 11) is 0. The molecule has 0 unspecified atom stereocenters. The summed E-state index contributed by atoms with van der Waals surface area (Å²) in [5.74, 6) is -0.250. The van der Waals surface area contributed by atoms with E-state index in [4.69, 9.17) is 11.6 Å². The van der Waals surface area contributed by atoms with E-state index >= 15 is 0 Å². The van der Waals surface area contributed by atoms with Gasteiger partial charge < -0.3 is 5.32 Å². The summed E-state index contributed by atoms with van der Waals surface area (Å²) in [5.41, 5.74) is 1.76. The van der Waals surface area contributed by atoms with E-state index in [-0.39, 0.29) is 11.5 Å². The van der Waals surface area contributed by atoms with Gasteiger partial charge >= 0.3 is 0 Å². The Kier molecular flexibility index (Phi) is 4.62. The average Bonchev–Trinajstić information content (AvgIpc) is 2.99. The quantitative estimate of drug-likeness (QED) is 0.768. The Hall–Kier alpha value is -2.66. The van der Waals surface area contributed by atoms with Crippen LogP contribution in [0.15, 0.2) is 54.7 Å². The van der Waals surface area contributed by atoms with Crippen LogP contribution in [0.25, 0.3) is 0 Å². The maximum atomic E-state index is 13.6. The van der Waals surface area contributed by atoms with Gasteiger partial charge in [-0.3, -0.25) is 4.79 Å². The predicted octanol–water partition coefficient (Wildman–Crippen LogP) is 4.28. The molecule has 0 aliphatic heterocycles. The summed E-state index contributed by atoms with van der Waals surface area (Å²) in [6.07, 6.45) is 1.60. The van der Waals surface area contributed by atoms with E-state index in [1.54, 1.807) is 48.1 Å². The van der Waals surface area contributed by atoms with Gasteiger partial charge in [0, 0.05) is 16.7 Å². The zero-order chi connectivity index (χ0) is 17.1. The molecule has 0 fully saturated rings. The van der Waals surface area contributed by atoms with E-state index in [1.165, 1.54) is 6.07 Å². The summed E-state index contributed by atoms with van der Waals surface area (Å²) in [6, 6.07) is 13.5. The highest BCUT2D eigenvalue weighted by molar-refractivity contribution is 6.30. The van der Waals surface area contributed by atoms with Gasteiger partial charge in [-0.2, -0.15) is 5.10 Å². The molecule has 0 bridgehead atoms. The number of aryl methyl sites for hydroxylation is 1. The van der Waals surface area contributed by atoms with Crippen LogP contribution in [-0.2, 0) is 6.54 Å². The first kappa shape index (κ1) is 16.2. The lowest BCUT2D eigenvalue weighted by molar-refractivity contribution is 0.102. The molecule has 0 radical (unpaired) electrons. The maximum absolute atomic E-state index is 13.6. The summed E-state index contributed by atoms with van der Waals surface area (Å²) >= 11 is 5.88. The van der Waals surface area contributed by atoms with Crippen LogP contribution in [0.3, 0.4) is 0 Å². The van der Waals surface area contributed by atoms with Crippen LogP contribution in [0.1, 0.15) is 21.5 Å². The van der Waals surface area contributed by atoms with Crippen LogP contribution in [0.5, 0.6) is 0 Å². The second-order valence-electron chi connectivity index (χ2n) is 5.42. The first-order valence-corrected chi connectivity index (χ1v) is 7.74. The summed E-state index contributed by atoms with van der Waals surface area (Å²) < 4.78 is 15.3. The van der Waals surface area contributed by atoms with Gasteiger partial charge in [0.05, 0.1) is 12.7 Å². The highest BCUT2D eigenvalue weighted by Crippen LogP contribution is 2.15. The fraction of sp³-hybridized carbons (Fsp3) is 0.111. The zero-order valence-corrected chi connectivity index (χ0v) is 13.7. The lowest BCUT2D eigenvalue weighted by atomic mass is 10.1. The van der Waals surface area contributed by atoms with Crippen LogP contribution < -0.4 is 5.32 Å². The number of anilines is 1. The predicted molar refractivity (Wildman–Crippen MR) is 91.9 cm³/mol. The van der Waals surface area contributed by atoms with Gasteiger partial charge in [-0.15, -0.1) is 0 Å². The molecule has 1 amide bonds. The minimum Gasteiger partial charge on any atom is -0.307 e. The van der Waals surface area contributed by atoms with Gasteiger partial charge in [-0.25, -0.2) is 9.07 Å². The van der Waals surface area contributed by atoms with Crippen molar-refractivity contribution in [3.63, 3.8) is 0 Å². The number of nitrogens with zero attached hydrogens (tertiary/aromatic N) is 2. The molecule has 1 N–H and O–H groups in total. The highest BCUT2D eigenvalue weighted by Gasteiger charge is 2.11. The molecule has 0 aliphatic carbocycles. The normalized spacial score (nSPS) is 10.6. The molecule has 3 rings (SSSR count). The number of halogens is 2. The molecule has 3 aromatic rings. The Balaban J connectivity index is 1.76. The number of nitrogens with one attached hydrogen (secondary N) is 1. The molecule has 24 heavy (non-hydrogen) atoms. The minimum atomic E-state index is -0.405. The van der Waals surface area contributed by atoms with Crippen molar-refractivity contribution in [3.05, 3.63) is 82.3 Å². The first-order chi connectivity index (χ1) is 11.5. The highest BCUT2D eigenvalue weighted by atomic mass is 35.5. The van der Waals surface area contributed by atoms with Crippen LogP contribution in [0, 0.1) is 12.7 Å². The van der Waals surface area contributed by atoms with Crippen LogP contribution in [0.4, 0.5) is 10.2 Å². The van der Waals surface area contributed by atoms with Crippen molar-refractivity contribution in [1.29, 1.82) is 0 Å². The number of carbonyl (C=O) groups excluding carboxylic acids is 1. The molecule has 0 spiro atoms. The van der Waals surface area contributed by atoms with Crippen molar-refractivity contribution in [1.82, 2.24) is 9.78 Å². The average molecular weight is 344 g/mol. The fourth-order valence-corrected chi connectivity index (χ4v) is 2.38. The fourth-order valence-electron chi connectivity index (χ4n) is 2.25. The molecule has 0 saturated heterocycles. The Morgan fingerprint density at radius 3 is 2.67 bits per heavy atom. The largest absolute Gasteiger partial charge is 0.307 e. The summed E-state index contributed by atoms with van der Waals surface area (Å²) in [4.78, 5) is 12.3. The summed E-state index contributed by atoms with van der Waals surface area (Å²) in [5, 5.41) is 7.62. The Morgan fingerprint density at radius 1 is 1.21 bits per heavy atom. The smallest absolute Gasteiger partial charge is 0.256 e. The topological polar surface area (TPSA) is 46.9 Å². The lowest BCUT2D eigenvalue weighted by Gasteiger charge is -2.10. The van der Waals surface area contributed by atoms with Crippen molar-refractivity contribution >= 4 is 23.3 Å². The van der Waals surface area contributed by atoms with Gasteiger partial charge in [0.25, 0.3) is 5.91 Å². The molecule has 122 valence electrons.